The van der Waals surface area contributed by atoms with Gasteiger partial charge in [-0.1, -0.05) is 12.1 Å². The van der Waals surface area contributed by atoms with Gasteiger partial charge in [0.25, 0.3) is 5.91 Å². The molecule has 4 rings (SSSR count). The zero-order valence-electron chi connectivity index (χ0n) is 15.4. The van der Waals surface area contributed by atoms with Crippen molar-refractivity contribution < 1.29 is 13.6 Å². The smallest absolute Gasteiger partial charge is 0.268 e. The summed E-state index contributed by atoms with van der Waals surface area (Å²) in [5.74, 6) is 0.345. The lowest BCUT2D eigenvalue weighted by molar-refractivity contribution is 0.0938. The Labute approximate surface area is 158 Å². The zero-order valence-corrected chi connectivity index (χ0v) is 15.4. The van der Waals surface area contributed by atoms with Gasteiger partial charge in [-0.25, -0.2) is 4.39 Å². The molecule has 2 aromatic heterocycles. The van der Waals surface area contributed by atoms with Crippen molar-refractivity contribution in [2.75, 3.05) is 0 Å². The number of furan rings is 1. The number of benzene rings is 1. The third-order valence-electron chi connectivity index (χ3n) is 5.29. The van der Waals surface area contributed by atoms with Crippen molar-refractivity contribution in [3.63, 3.8) is 0 Å². The van der Waals surface area contributed by atoms with Gasteiger partial charge in [0.15, 0.2) is 0 Å². The maximum Gasteiger partial charge on any atom is 0.268 e. The van der Waals surface area contributed by atoms with Gasteiger partial charge in [0.2, 0.25) is 0 Å². The predicted molar refractivity (Wildman–Crippen MR) is 101 cm³/mol. The van der Waals surface area contributed by atoms with E-state index in [9.17, 15) is 9.18 Å². The van der Waals surface area contributed by atoms with E-state index < -0.39 is 0 Å². The number of nitrogens with one attached hydrogen (secondary N) is 1. The molecule has 27 heavy (non-hydrogen) atoms. The zero-order chi connectivity index (χ0) is 18.8. The summed E-state index contributed by atoms with van der Waals surface area (Å²) in [6.45, 7) is 2.87. The summed E-state index contributed by atoms with van der Waals surface area (Å²) in [6, 6.07) is 10.2. The lowest BCUT2D eigenvalue weighted by atomic mass is 9.95. The van der Waals surface area contributed by atoms with Crippen LogP contribution in [0.2, 0.25) is 0 Å². The first-order valence-corrected chi connectivity index (χ1v) is 9.39. The van der Waals surface area contributed by atoms with Crippen LogP contribution >= 0.6 is 0 Å². The van der Waals surface area contributed by atoms with Gasteiger partial charge in [-0.3, -0.25) is 4.79 Å². The molecule has 0 bridgehead atoms. The van der Waals surface area contributed by atoms with E-state index in [1.54, 1.807) is 18.4 Å². The molecule has 140 valence electrons. The molecule has 1 N–H and O–H groups in total. The summed E-state index contributed by atoms with van der Waals surface area (Å²) in [5.41, 5.74) is 5.07. The Morgan fingerprint density at radius 3 is 2.85 bits per heavy atom. The fraction of sp³-hybridized carbons (Fsp3) is 0.318. The SMILES string of the molecule is Cc1c2c(n(Cc3cccc(F)c3)c1C(=O)NCc1ccco1)CCCC2. The maximum atomic E-state index is 13.7. The van der Waals surface area contributed by atoms with Crippen LogP contribution < -0.4 is 5.32 Å². The molecule has 1 amide bonds. The minimum Gasteiger partial charge on any atom is -0.467 e. The van der Waals surface area contributed by atoms with Gasteiger partial charge in [0.1, 0.15) is 17.3 Å². The average molecular weight is 366 g/mol. The van der Waals surface area contributed by atoms with Gasteiger partial charge in [0.05, 0.1) is 12.8 Å². The second-order valence-corrected chi connectivity index (χ2v) is 7.08. The van der Waals surface area contributed by atoms with E-state index in [2.05, 4.69) is 9.88 Å². The van der Waals surface area contributed by atoms with Crippen LogP contribution in [0.15, 0.2) is 47.1 Å². The second-order valence-electron chi connectivity index (χ2n) is 7.08. The van der Waals surface area contributed by atoms with E-state index in [-0.39, 0.29) is 11.7 Å². The van der Waals surface area contributed by atoms with E-state index in [1.165, 1.54) is 23.4 Å². The Kier molecular flexibility index (Phi) is 4.84. The Morgan fingerprint density at radius 1 is 1.22 bits per heavy atom. The molecule has 0 fully saturated rings. The lowest BCUT2D eigenvalue weighted by Gasteiger charge is -2.17. The molecule has 0 saturated heterocycles. The average Bonchev–Trinajstić information content (AvgIpc) is 3.28. The summed E-state index contributed by atoms with van der Waals surface area (Å²) in [7, 11) is 0. The number of carbonyl (C=O) groups excluding carboxylic acids is 1. The molecule has 0 unspecified atom stereocenters. The van der Waals surface area contributed by atoms with Crippen LogP contribution in [0.5, 0.6) is 0 Å². The third-order valence-corrected chi connectivity index (χ3v) is 5.29. The minimum atomic E-state index is -0.255. The summed E-state index contributed by atoms with van der Waals surface area (Å²) >= 11 is 0. The fourth-order valence-corrected chi connectivity index (χ4v) is 4.02. The number of aromatic nitrogens is 1. The van der Waals surface area contributed by atoms with Gasteiger partial charge in [-0.15, -0.1) is 0 Å². The number of hydrogen-bond acceptors (Lipinski definition) is 2. The molecule has 4 nitrogen and oxygen atoms in total. The highest BCUT2D eigenvalue weighted by atomic mass is 19.1. The van der Waals surface area contributed by atoms with Crippen molar-refractivity contribution in [2.45, 2.75) is 45.7 Å². The molecule has 0 aliphatic heterocycles. The van der Waals surface area contributed by atoms with Crippen LogP contribution in [0, 0.1) is 12.7 Å². The van der Waals surface area contributed by atoms with Crippen LogP contribution in [0.25, 0.3) is 0 Å². The van der Waals surface area contributed by atoms with Gasteiger partial charge < -0.3 is 14.3 Å². The molecule has 5 heteroatoms. The molecular weight excluding hydrogens is 343 g/mol. The van der Waals surface area contributed by atoms with Crippen LogP contribution in [0.1, 0.15) is 51.5 Å². The number of nitrogens with zero attached hydrogens (tertiary/aromatic N) is 1. The lowest BCUT2D eigenvalue weighted by Crippen LogP contribution is -2.26. The Morgan fingerprint density at radius 2 is 2.07 bits per heavy atom. The highest BCUT2D eigenvalue weighted by Crippen LogP contribution is 2.30. The summed E-state index contributed by atoms with van der Waals surface area (Å²) in [6.07, 6.45) is 5.81. The standard InChI is InChI=1S/C22H23FN2O2/c1-15-19-9-2-3-10-20(19)25(14-16-6-4-7-17(23)12-16)21(15)22(26)24-13-18-8-5-11-27-18/h4-8,11-12H,2-3,9-10,13-14H2,1H3,(H,24,26). The first-order valence-electron chi connectivity index (χ1n) is 9.39. The molecule has 0 radical (unpaired) electrons. The van der Waals surface area contributed by atoms with Gasteiger partial charge in [0, 0.05) is 12.2 Å². The molecule has 0 saturated carbocycles. The fourth-order valence-electron chi connectivity index (χ4n) is 4.02. The molecule has 0 spiro atoms. The summed E-state index contributed by atoms with van der Waals surface area (Å²) in [4.78, 5) is 13.0. The van der Waals surface area contributed by atoms with E-state index >= 15 is 0 Å². The predicted octanol–water partition coefficient (Wildman–Crippen LogP) is 4.39. The largest absolute Gasteiger partial charge is 0.467 e. The molecule has 2 heterocycles. The molecule has 3 aromatic rings. The van der Waals surface area contributed by atoms with Crippen LogP contribution in [-0.2, 0) is 25.9 Å². The first-order chi connectivity index (χ1) is 13.1. The monoisotopic (exact) mass is 366 g/mol. The summed E-state index contributed by atoms with van der Waals surface area (Å²) in [5, 5.41) is 2.96. The van der Waals surface area contributed by atoms with Crippen molar-refractivity contribution in [1.82, 2.24) is 9.88 Å². The van der Waals surface area contributed by atoms with Crippen LogP contribution in [-0.4, -0.2) is 10.5 Å². The quantitative estimate of drug-likeness (QED) is 0.728. The van der Waals surface area contributed by atoms with Gasteiger partial charge in [-0.05, 0) is 73.6 Å². The van der Waals surface area contributed by atoms with E-state index in [0.717, 1.165) is 36.8 Å². The number of fused-ring (bicyclic) bond motifs is 1. The van der Waals surface area contributed by atoms with Crippen LogP contribution in [0.4, 0.5) is 4.39 Å². The van der Waals surface area contributed by atoms with Crippen molar-refractivity contribution in [3.8, 4) is 0 Å². The van der Waals surface area contributed by atoms with E-state index in [4.69, 9.17) is 4.42 Å². The number of hydrogen-bond donors (Lipinski definition) is 1. The van der Waals surface area contributed by atoms with Gasteiger partial charge >= 0.3 is 0 Å². The maximum absolute atomic E-state index is 13.7. The van der Waals surface area contributed by atoms with Gasteiger partial charge in [-0.2, -0.15) is 0 Å². The van der Waals surface area contributed by atoms with E-state index in [0.29, 0.717) is 24.5 Å². The Hall–Kier alpha value is -2.82. The third kappa shape index (κ3) is 3.54. The second kappa shape index (κ2) is 7.43. The Bertz CT molecular complexity index is 957. The number of rotatable bonds is 5. The molecule has 1 aliphatic rings. The molecular formula is C22H23FN2O2. The minimum absolute atomic E-state index is 0.116. The van der Waals surface area contributed by atoms with Crippen molar-refractivity contribution in [1.29, 1.82) is 0 Å². The topological polar surface area (TPSA) is 47.2 Å². The number of amides is 1. The Balaban J connectivity index is 1.68. The van der Waals surface area contributed by atoms with Crippen molar-refractivity contribution >= 4 is 5.91 Å². The van der Waals surface area contributed by atoms with Crippen LogP contribution in [0.3, 0.4) is 0 Å². The molecule has 1 aliphatic carbocycles. The number of halogens is 1. The highest BCUT2D eigenvalue weighted by molar-refractivity contribution is 5.95. The van der Waals surface area contributed by atoms with E-state index in [1.807, 2.05) is 19.1 Å². The molecule has 0 atom stereocenters. The van der Waals surface area contributed by atoms with Crippen molar-refractivity contribution in [3.05, 3.63) is 82.3 Å². The molecule has 1 aromatic carbocycles. The summed E-state index contributed by atoms with van der Waals surface area (Å²) < 4.78 is 21.0. The normalized spacial score (nSPS) is 13.4. The highest BCUT2D eigenvalue weighted by Gasteiger charge is 2.26. The first kappa shape index (κ1) is 17.6. The van der Waals surface area contributed by atoms with Crippen molar-refractivity contribution in [2.24, 2.45) is 0 Å². The number of carbonyl (C=O) groups is 1.